The van der Waals surface area contributed by atoms with Gasteiger partial charge in [-0.3, -0.25) is 4.79 Å². The molecule has 0 radical (unpaired) electrons. The van der Waals surface area contributed by atoms with Crippen molar-refractivity contribution in [2.45, 2.75) is 25.7 Å². The highest BCUT2D eigenvalue weighted by atomic mass is 32.1. The molecule has 1 aliphatic heterocycles. The summed E-state index contributed by atoms with van der Waals surface area (Å²) in [6.07, 6.45) is 1.89. The van der Waals surface area contributed by atoms with Crippen LogP contribution in [0.5, 0.6) is 5.75 Å². The number of piperidine rings is 1. The quantitative estimate of drug-likeness (QED) is 0.503. The lowest BCUT2D eigenvalue weighted by atomic mass is 9.89. The summed E-state index contributed by atoms with van der Waals surface area (Å²) in [5.74, 6) is 0.839. The van der Waals surface area contributed by atoms with Crippen molar-refractivity contribution in [1.82, 2.24) is 14.7 Å². The van der Waals surface area contributed by atoms with Crippen LogP contribution in [-0.2, 0) is 0 Å². The van der Waals surface area contributed by atoms with Gasteiger partial charge in [-0.2, -0.15) is 5.10 Å². The molecule has 152 valence electrons. The minimum atomic E-state index is 0.111. The number of aromatic hydroxyl groups is 1. The fourth-order valence-electron chi connectivity index (χ4n) is 4.22. The van der Waals surface area contributed by atoms with Gasteiger partial charge in [-0.1, -0.05) is 30.3 Å². The molecule has 3 heterocycles. The van der Waals surface area contributed by atoms with Crippen LogP contribution in [0.15, 0.2) is 60.7 Å². The van der Waals surface area contributed by atoms with E-state index in [0.717, 1.165) is 52.4 Å². The summed E-state index contributed by atoms with van der Waals surface area (Å²) in [5.41, 5.74) is 3.18. The Balaban J connectivity index is 1.35. The van der Waals surface area contributed by atoms with Crippen molar-refractivity contribution in [3.05, 3.63) is 76.8 Å². The number of amides is 1. The lowest BCUT2D eigenvalue weighted by molar-refractivity contribution is 0.0718. The number of aryl methyl sites for hydroxylation is 1. The molecule has 1 aliphatic rings. The van der Waals surface area contributed by atoms with E-state index < -0.39 is 0 Å². The molecule has 4 aromatic rings. The van der Waals surface area contributed by atoms with Gasteiger partial charge in [0.1, 0.15) is 10.6 Å². The molecule has 5 rings (SSSR count). The van der Waals surface area contributed by atoms with Crippen LogP contribution in [0.3, 0.4) is 0 Å². The van der Waals surface area contributed by atoms with Crippen LogP contribution in [0.2, 0.25) is 0 Å². The van der Waals surface area contributed by atoms with Crippen LogP contribution >= 0.6 is 11.3 Å². The predicted molar refractivity (Wildman–Crippen MR) is 120 cm³/mol. The number of aromatic nitrogens is 2. The van der Waals surface area contributed by atoms with Crippen molar-refractivity contribution in [3.8, 4) is 11.4 Å². The molecule has 0 aliphatic carbocycles. The van der Waals surface area contributed by atoms with E-state index in [1.807, 2.05) is 65.0 Å². The maximum Gasteiger partial charge on any atom is 0.264 e. The number of para-hydroxylation sites is 1. The van der Waals surface area contributed by atoms with Crippen LogP contribution in [0, 0.1) is 6.92 Å². The standard InChI is InChI=1S/C24H23N3O2S/c1-16-21-15-22(30-24(21)27(25-16)19-5-3-2-4-6-19)23(29)26-13-11-18(12-14-26)17-7-9-20(28)10-8-17/h2-10,15,18,28H,11-14H2,1H3. The summed E-state index contributed by atoms with van der Waals surface area (Å²) >= 11 is 1.52. The zero-order chi connectivity index (χ0) is 20.7. The Hall–Kier alpha value is -3.12. The van der Waals surface area contributed by atoms with Gasteiger partial charge in [-0.15, -0.1) is 11.3 Å². The van der Waals surface area contributed by atoms with Gasteiger partial charge in [0, 0.05) is 18.5 Å². The highest BCUT2D eigenvalue weighted by Crippen LogP contribution is 2.33. The van der Waals surface area contributed by atoms with E-state index in [1.165, 1.54) is 16.9 Å². The Morgan fingerprint density at radius 1 is 1.07 bits per heavy atom. The van der Waals surface area contributed by atoms with Crippen LogP contribution in [-0.4, -0.2) is 38.8 Å². The topological polar surface area (TPSA) is 58.4 Å². The molecule has 2 aromatic carbocycles. The lowest BCUT2D eigenvalue weighted by Crippen LogP contribution is -2.37. The number of benzene rings is 2. The number of carbonyl (C=O) groups is 1. The Kier molecular flexibility index (Phi) is 4.79. The second-order valence-electron chi connectivity index (χ2n) is 7.82. The first kappa shape index (κ1) is 18.9. The Morgan fingerprint density at radius 3 is 2.47 bits per heavy atom. The molecule has 0 spiro atoms. The molecule has 0 bridgehead atoms. The van der Waals surface area contributed by atoms with E-state index >= 15 is 0 Å². The Morgan fingerprint density at radius 2 is 1.77 bits per heavy atom. The molecule has 1 fully saturated rings. The highest BCUT2D eigenvalue weighted by molar-refractivity contribution is 7.20. The average Bonchev–Trinajstić information content (AvgIpc) is 3.35. The fraction of sp³-hybridized carbons (Fsp3) is 0.250. The first-order chi connectivity index (χ1) is 14.6. The first-order valence-corrected chi connectivity index (χ1v) is 11.0. The van der Waals surface area contributed by atoms with Gasteiger partial charge >= 0.3 is 0 Å². The molecule has 1 saturated heterocycles. The zero-order valence-corrected chi connectivity index (χ0v) is 17.6. The molecule has 1 N–H and O–H groups in total. The number of hydrogen-bond donors (Lipinski definition) is 1. The molecule has 2 aromatic heterocycles. The van der Waals surface area contributed by atoms with E-state index in [4.69, 9.17) is 0 Å². The van der Waals surface area contributed by atoms with E-state index in [0.29, 0.717) is 11.7 Å². The van der Waals surface area contributed by atoms with Crippen LogP contribution in [0.4, 0.5) is 0 Å². The average molecular weight is 418 g/mol. The highest BCUT2D eigenvalue weighted by Gasteiger charge is 2.26. The normalized spacial score (nSPS) is 15.0. The molecule has 5 nitrogen and oxygen atoms in total. The summed E-state index contributed by atoms with van der Waals surface area (Å²) in [5, 5.41) is 15.2. The van der Waals surface area contributed by atoms with Gasteiger partial charge in [-0.25, -0.2) is 4.68 Å². The van der Waals surface area contributed by atoms with Crippen LogP contribution in [0.25, 0.3) is 15.9 Å². The summed E-state index contributed by atoms with van der Waals surface area (Å²) in [6.45, 7) is 3.50. The molecule has 0 atom stereocenters. The number of rotatable bonds is 3. The van der Waals surface area contributed by atoms with Crippen molar-refractivity contribution in [2.24, 2.45) is 0 Å². The van der Waals surface area contributed by atoms with Crippen molar-refractivity contribution in [3.63, 3.8) is 0 Å². The van der Waals surface area contributed by atoms with Gasteiger partial charge in [0.05, 0.1) is 16.3 Å². The molecular weight excluding hydrogens is 394 g/mol. The number of thiophene rings is 1. The Bertz CT molecular complexity index is 1190. The maximum absolute atomic E-state index is 13.2. The number of hydrogen-bond acceptors (Lipinski definition) is 4. The smallest absolute Gasteiger partial charge is 0.264 e. The molecule has 30 heavy (non-hydrogen) atoms. The number of carbonyl (C=O) groups excluding carboxylic acids is 1. The summed E-state index contributed by atoms with van der Waals surface area (Å²) in [7, 11) is 0. The third kappa shape index (κ3) is 3.37. The zero-order valence-electron chi connectivity index (χ0n) is 16.8. The Labute approximate surface area is 179 Å². The molecule has 6 heteroatoms. The SMILES string of the molecule is Cc1nn(-c2ccccc2)c2sc(C(=O)N3CCC(c4ccc(O)cc4)CC3)cc12. The summed E-state index contributed by atoms with van der Waals surface area (Å²) in [4.78, 5) is 16.9. The third-order valence-corrected chi connectivity index (χ3v) is 7.00. The van der Waals surface area contributed by atoms with Crippen molar-refractivity contribution < 1.29 is 9.90 Å². The van der Waals surface area contributed by atoms with Crippen LogP contribution < -0.4 is 0 Å². The monoisotopic (exact) mass is 417 g/mol. The van der Waals surface area contributed by atoms with Gasteiger partial charge in [0.2, 0.25) is 0 Å². The minimum Gasteiger partial charge on any atom is -0.508 e. The molecule has 0 saturated carbocycles. The van der Waals surface area contributed by atoms with Gasteiger partial charge < -0.3 is 10.0 Å². The van der Waals surface area contributed by atoms with Crippen molar-refractivity contribution in [2.75, 3.05) is 13.1 Å². The minimum absolute atomic E-state index is 0.111. The number of likely N-dealkylation sites (tertiary alicyclic amines) is 1. The van der Waals surface area contributed by atoms with Gasteiger partial charge in [-0.05, 0) is 61.6 Å². The predicted octanol–water partition coefficient (Wildman–Crippen LogP) is 5.12. The second kappa shape index (κ2) is 7.61. The van der Waals surface area contributed by atoms with Crippen molar-refractivity contribution in [1.29, 1.82) is 0 Å². The van der Waals surface area contributed by atoms with Gasteiger partial charge in [0.15, 0.2) is 0 Å². The number of nitrogens with zero attached hydrogens (tertiary/aromatic N) is 3. The molecule has 0 unspecified atom stereocenters. The van der Waals surface area contributed by atoms with E-state index in [2.05, 4.69) is 5.10 Å². The van der Waals surface area contributed by atoms with E-state index in [-0.39, 0.29) is 5.91 Å². The summed E-state index contributed by atoms with van der Waals surface area (Å²) in [6, 6.07) is 19.5. The molecule has 1 amide bonds. The van der Waals surface area contributed by atoms with E-state index in [9.17, 15) is 9.90 Å². The number of fused-ring (bicyclic) bond motifs is 1. The third-order valence-electron chi connectivity index (χ3n) is 5.90. The van der Waals surface area contributed by atoms with Gasteiger partial charge in [0.25, 0.3) is 5.91 Å². The summed E-state index contributed by atoms with van der Waals surface area (Å²) < 4.78 is 1.93. The first-order valence-electron chi connectivity index (χ1n) is 10.2. The van der Waals surface area contributed by atoms with Crippen LogP contribution in [0.1, 0.15) is 39.7 Å². The number of phenolic OH excluding ortho intramolecular Hbond substituents is 1. The van der Waals surface area contributed by atoms with Crippen molar-refractivity contribution >= 4 is 27.5 Å². The van der Waals surface area contributed by atoms with E-state index in [1.54, 1.807) is 12.1 Å². The second-order valence-corrected chi connectivity index (χ2v) is 8.85. The fourth-order valence-corrected chi connectivity index (χ4v) is 5.37. The number of phenols is 1. The lowest BCUT2D eigenvalue weighted by Gasteiger charge is -2.32. The maximum atomic E-state index is 13.2. The molecular formula is C24H23N3O2S. The largest absolute Gasteiger partial charge is 0.508 e.